The number of halogens is 1. The fraction of sp³-hybridized carbons (Fsp3) is 0.133. The van der Waals surface area contributed by atoms with Crippen LogP contribution in [0.25, 0.3) is 0 Å². The van der Waals surface area contributed by atoms with E-state index in [9.17, 15) is 9.18 Å². The van der Waals surface area contributed by atoms with Gasteiger partial charge in [-0.3, -0.25) is 4.79 Å². The van der Waals surface area contributed by atoms with Crippen molar-refractivity contribution in [2.75, 3.05) is 0 Å². The number of hydrogen-bond acceptors (Lipinski definition) is 1. The number of rotatable bonds is 4. The summed E-state index contributed by atoms with van der Waals surface area (Å²) in [7, 11) is 0. The van der Waals surface area contributed by atoms with Gasteiger partial charge in [-0.1, -0.05) is 48.5 Å². The zero-order valence-corrected chi connectivity index (χ0v) is 9.71. The molecule has 0 saturated heterocycles. The highest BCUT2D eigenvalue weighted by molar-refractivity contribution is 5.69. The first-order chi connectivity index (χ1) is 8.68. The van der Waals surface area contributed by atoms with E-state index in [1.807, 2.05) is 30.3 Å². The zero-order valence-electron chi connectivity index (χ0n) is 9.71. The molecule has 1 atom stereocenters. The maximum Gasteiger partial charge on any atom is 0.304 e. The van der Waals surface area contributed by atoms with Gasteiger partial charge in [0.05, 0.1) is 6.42 Å². The van der Waals surface area contributed by atoms with Crippen LogP contribution < -0.4 is 0 Å². The van der Waals surface area contributed by atoms with Crippen LogP contribution >= 0.6 is 0 Å². The lowest BCUT2D eigenvalue weighted by atomic mass is 9.88. The van der Waals surface area contributed by atoms with Gasteiger partial charge in [-0.05, 0) is 17.2 Å². The van der Waals surface area contributed by atoms with E-state index in [1.54, 1.807) is 18.2 Å². The summed E-state index contributed by atoms with van der Waals surface area (Å²) in [5.74, 6) is -1.76. The zero-order chi connectivity index (χ0) is 13.0. The van der Waals surface area contributed by atoms with Gasteiger partial charge in [0.15, 0.2) is 0 Å². The first kappa shape index (κ1) is 12.3. The van der Waals surface area contributed by atoms with Crippen molar-refractivity contribution in [1.29, 1.82) is 0 Å². The maximum absolute atomic E-state index is 13.8. The fourth-order valence-electron chi connectivity index (χ4n) is 2.03. The second-order valence-electron chi connectivity index (χ2n) is 4.08. The molecule has 0 aliphatic heterocycles. The lowest BCUT2D eigenvalue weighted by Gasteiger charge is -2.16. The van der Waals surface area contributed by atoms with E-state index in [-0.39, 0.29) is 12.2 Å². The molecular weight excluding hydrogens is 231 g/mol. The minimum atomic E-state index is -0.938. The van der Waals surface area contributed by atoms with Gasteiger partial charge in [-0.2, -0.15) is 0 Å². The summed E-state index contributed by atoms with van der Waals surface area (Å²) >= 11 is 0. The van der Waals surface area contributed by atoms with E-state index >= 15 is 0 Å². The predicted molar refractivity (Wildman–Crippen MR) is 66.9 cm³/mol. The van der Waals surface area contributed by atoms with Crippen molar-refractivity contribution in [2.24, 2.45) is 0 Å². The second kappa shape index (κ2) is 5.45. The Hall–Kier alpha value is -2.16. The molecule has 92 valence electrons. The number of benzene rings is 2. The topological polar surface area (TPSA) is 37.3 Å². The van der Waals surface area contributed by atoms with Crippen molar-refractivity contribution < 1.29 is 14.3 Å². The molecule has 2 aromatic rings. The van der Waals surface area contributed by atoms with Crippen LogP contribution in [0.2, 0.25) is 0 Å². The molecule has 3 heteroatoms. The van der Waals surface area contributed by atoms with Crippen molar-refractivity contribution >= 4 is 5.97 Å². The minimum absolute atomic E-state index is 0.120. The van der Waals surface area contributed by atoms with Crippen molar-refractivity contribution in [1.82, 2.24) is 0 Å². The predicted octanol–water partition coefficient (Wildman–Crippen LogP) is 3.43. The van der Waals surface area contributed by atoms with Gasteiger partial charge in [-0.25, -0.2) is 4.39 Å². The molecule has 0 unspecified atom stereocenters. The van der Waals surface area contributed by atoms with Crippen molar-refractivity contribution in [3.8, 4) is 0 Å². The largest absolute Gasteiger partial charge is 0.481 e. The van der Waals surface area contributed by atoms with E-state index in [1.165, 1.54) is 6.07 Å². The van der Waals surface area contributed by atoms with Crippen molar-refractivity contribution in [3.05, 3.63) is 71.5 Å². The highest BCUT2D eigenvalue weighted by Crippen LogP contribution is 2.29. The van der Waals surface area contributed by atoms with Crippen LogP contribution in [0, 0.1) is 5.82 Å². The van der Waals surface area contributed by atoms with Gasteiger partial charge in [0.25, 0.3) is 0 Å². The molecule has 0 radical (unpaired) electrons. The van der Waals surface area contributed by atoms with Gasteiger partial charge in [0.2, 0.25) is 0 Å². The van der Waals surface area contributed by atoms with Crippen LogP contribution in [-0.2, 0) is 4.79 Å². The highest BCUT2D eigenvalue weighted by Gasteiger charge is 2.20. The summed E-state index contributed by atoms with van der Waals surface area (Å²) in [6.07, 6.45) is -0.120. The van der Waals surface area contributed by atoms with Crippen molar-refractivity contribution in [3.63, 3.8) is 0 Å². The SMILES string of the molecule is O=C(O)C[C@@H](c1ccccc1)c1ccccc1F. The number of aliphatic carboxylic acids is 1. The van der Waals surface area contributed by atoms with Crippen LogP contribution in [0.3, 0.4) is 0 Å². The molecule has 18 heavy (non-hydrogen) atoms. The fourth-order valence-corrected chi connectivity index (χ4v) is 2.03. The Labute approximate surface area is 105 Å². The molecule has 0 aliphatic rings. The number of carboxylic acid groups (broad SMARTS) is 1. The molecule has 1 N–H and O–H groups in total. The molecule has 2 aromatic carbocycles. The third-order valence-electron chi connectivity index (χ3n) is 2.86. The van der Waals surface area contributed by atoms with Crippen LogP contribution in [0.4, 0.5) is 4.39 Å². The average molecular weight is 244 g/mol. The molecule has 0 spiro atoms. The van der Waals surface area contributed by atoms with E-state index < -0.39 is 11.9 Å². The van der Waals surface area contributed by atoms with E-state index in [4.69, 9.17) is 5.11 Å². The second-order valence-corrected chi connectivity index (χ2v) is 4.08. The van der Waals surface area contributed by atoms with Gasteiger partial charge in [0.1, 0.15) is 5.82 Å². The molecule has 0 saturated carbocycles. The normalized spacial score (nSPS) is 12.1. The smallest absolute Gasteiger partial charge is 0.304 e. The summed E-state index contributed by atoms with van der Waals surface area (Å²) in [6.45, 7) is 0. The Bertz CT molecular complexity index is 537. The number of carbonyl (C=O) groups is 1. The lowest BCUT2D eigenvalue weighted by molar-refractivity contribution is -0.137. The lowest BCUT2D eigenvalue weighted by Crippen LogP contribution is -2.09. The van der Waals surface area contributed by atoms with E-state index in [0.29, 0.717) is 5.56 Å². The Morgan fingerprint density at radius 3 is 2.28 bits per heavy atom. The molecule has 0 amide bonds. The average Bonchev–Trinajstić information content (AvgIpc) is 2.38. The van der Waals surface area contributed by atoms with Crippen LogP contribution in [0.15, 0.2) is 54.6 Å². The molecule has 0 heterocycles. The van der Waals surface area contributed by atoms with Gasteiger partial charge >= 0.3 is 5.97 Å². The Balaban J connectivity index is 2.44. The molecule has 2 nitrogen and oxygen atoms in total. The molecule has 0 aliphatic carbocycles. The highest BCUT2D eigenvalue weighted by atomic mass is 19.1. The first-order valence-electron chi connectivity index (χ1n) is 5.69. The molecule has 0 fully saturated rings. The molecule has 0 bridgehead atoms. The quantitative estimate of drug-likeness (QED) is 0.894. The van der Waals surface area contributed by atoms with Crippen LogP contribution in [0.1, 0.15) is 23.5 Å². The summed E-state index contributed by atoms with van der Waals surface area (Å²) in [5.41, 5.74) is 1.23. The Morgan fingerprint density at radius 1 is 1.06 bits per heavy atom. The summed E-state index contributed by atoms with van der Waals surface area (Å²) in [4.78, 5) is 10.9. The summed E-state index contributed by atoms with van der Waals surface area (Å²) in [6, 6.07) is 15.4. The number of hydrogen-bond donors (Lipinski definition) is 1. The summed E-state index contributed by atoms with van der Waals surface area (Å²) in [5, 5.41) is 8.97. The third-order valence-corrected chi connectivity index (χ3v) is 2.86. The maximum atomic E-state index is 13.8. The third kappa shape index (κ3) is 2.74. The van der Waals surface area contributed by atoms with E-state index in [2.05, 4.69) is 0 Å². The minimum Gasteiger partial charge on any atom is -0.481 e. The summed E-state index contributed by atoms with van der Waals surface area (Å²) < 4.78 is 13.8. The van der Waals surface area contributed by atoms with Crippen LogP contribution in [-0.4, -0.2) is 11.1 Å². The van der Waals surface area contributed by atoms with Crippen LogP contribution in [0.5, 0.6) is 0 Å². The van der Waals surface area contributed by atoms with Crippen molar-refractivity contribution in [2.45, 2.75) is 12.3 Å². The Morgan fingerprint density at radius 2 is 1.67 bits per heavy atom. The molecule has 2 rings (SSSR count). The van der Waals surface area contributed by atoms with E-state index in [0.717, 1.165) is 5.56 Å². The first-order valence-corrected chi connectivity index (χ1v) is 5.69. The standard InChI is InChI=1S/C15H13FO2/c16-14-9-5-4-8-12(14)13(10-15(17)18)11-6-2-1-3-7-11/h1-9,13H,10H2,(H,17,18)/t13-/m0/s1. The molecule has 0 aromatic heterocycles. The number of carboxylic acids is 1. The molecular formula is C15H13FO2. The monoisotopic (exact) mass is 244 g/mol. The van der Waals surface area contributed by atoms with Gasteiger partial charge in [-0.15, -0.1) is 0 Å². The van der Waals surface area contributed by atoms with Gasteiger partial charge < -0.3 is 5.11 Å². The Kier molecular flexibility index (Phi) is 3.72. The van der Waals surface area contributed by atoms with Gasteiger partial charge in [0, 0.05) is 5.92 Å².